The lowest BCUT2D eigenvalue weighted by Gasteiger charge is -2.47. The van der Waals surface area contributed by atoms with Gasteiger partial charge in [-0.1, -0.05) is 24.3 Å². The number of aliphatic hydroxyl groups excluding tert-OH is 1. The molecule has 3 aliphatic rings. The van der Waals surface area contributed by atoms with Crippen molar-refractivity contribution in [3.8, 4) is 0 Å². The molecule has 1 amide bonds. The second-order valence-corrected chi connectivity index (χ2v) is 7.27. The van der Waals surface area contributed by atoms with Gasteiger partial charge in [0, 0.05) is 25.6 Å². The molecule has 4 heteroatoms. The predicted molar refractivity (Wildman–Crippen MR) is 87.1 cm³/mol. The van der Waals surface area contributed by atoms with Crippen molar-refractivity contribution in [3.05, 3.63) is 35.4 Å². The first-order valence-electron chi connectivity index (χ1n) is 8.85. The molecule has 1 aromatic carbocycles. The molecule has 1 aromatic rings. The maximum Gasteiger partial charge on any atom is 0.226 e. The molecule has 1 N–H and O–H groups in total. The van der Waals surface area contributed by atoms with Crippen molar-refractivity contribution in [3.63, 3.8) is 0 Å². The average Bonchev–Trinajstić information content (AvgIpc) is 3.02. The summed E-state index contributed by atoms with van der Waals surface area (Å²) >= 11 is 0. The fourth-order valence-corrected chi connectivity index (χ4v) is 4.49. The van der Waals surface area contributed by atoms with Gasteiger partial charge in [-0.25, -0.2) is 0 Å². The number of carbonyl (C=O) groups excluding carboxylic acids is 1. The Bertz CT molecular complexity index is 567. The van der Waals surface area contributed by atoms with Crippen LogP contribution in [0.4, 0.5) is 0 Å². The third kappa shape index (κ3) is 2.68. The van der Waals surface area contributed by atoms with E-state index in [2.05, 4.69) is 24.3 Å². The fourth-order valence-electron chi connectivity index (χ4n) is 4.49. The molecule has 2 fully saturated rings. The molecule has 2 saturated heterocycles. The second kappa shape index (κ2) is 5.91. The zero-order chi connectivity index (χ0) is 15.9. The van der Waals surface area contributed by atoms with Gasteiger partial charge in [0.25, 0.3) is 0 Å². The van der Waals surface area contributed by atoms with Crippen molar-refractivity contribution in [2.75, 3.05) is 19.7 Å². The number of carbonyl (C=O) groups is 1. The summed E-state index contributed by atoms with van der Waals surface area (Å²) in [4.78, 5) is 14.8. The van der Waals surface area contributed by atoms with Crippen molar-refractivity contribution in [1.29, 1.82) is 0 Å². The van der Waals surface area contributed by atoms with Crippen LogP contribution in [0.3, 0.4) is 0 Å². The maximum atomic E-state index is 12.8. The van der Waals surface area contributed by atoms with E-state index in [1.165, 1.54) is 11.1 Å². The molecule has 4 rings (SSSR count). The summed E-state index contributed by atoms with van der Waals surface area (Å²) in [5.74, 6) is 0.375. The standard InChI is InChI=1S/C19H25NO3/c21-17-6-3-11-23-19(17)7-9-20(10-8-19)18(22)16-12-14-4-1-2-5-15(14)13-16/h1-2,4-5,16-17,21H,3,6-13H2. The minimum absolute atomic E-state index is 0.0960. The number of rotatable bonds is 1. The van der Waals surface area contributed by atoms with Gasteiger partial charge in [-0.2, -0.15) is 0 Å². The third-order valence-corrected chi connectivity index (χ3v) is 5.94. The van der Waals surface area contributed by atoms with Crippen molar-refractivity contribution < 1.29 is 14.6 Å². The number of ether oxygens (including phenoxy) is 1. The minimum Gasteiger partial charge on any atom is -0.390 e. The zero-order valence-electron chi connectivity index (χ0n) is 13.5. The van der Waals surface area contributed by atoms with Gasteiger partial charge in [0.05, 0.1) is 11.7 Å². The van der Waals surface area contributed by atoms with Crippen LogP contribution < -0.4 is 0 Å². The van der Waals surface area contributed by atoms with E-state index in [-0.39, 0.29) is 17.9 Å². The first-order chi connectivity index (χ1) is 11.2. The lowest BCUT2D eigenvalue weighted by atomic mass is 9.81. The highest BCUT2D eigenvalue weighted by Gasteiger charge is 2.45. The predicted octanol–water partition coefficient (Wildman–Crippen LogP) is 1.93. The molecular weight excluding hydrogens is 290 g/mol. The topological polar surface area (TPSA) is 49.8 Å². The van der Waals surface area contributed by atoms with Gasteiger partial charge in [-0.05, 0) is 49.7 Å². The van der Waals surface area contributed by atoms with Gasteiger partial charge < -0.3 is 14.7 Å². The molecule has 1 unspecified atom stereocenters. The first kappa shape index (κ1) is 15.2. The number of hydrogen-bond acceptors (Lipinski definition) is 3. The molecule has 124 valence electrons. The third-order valence-electron chi connectivity index (χ3n) is 5.94. The number of hydrogen-bond donors (Lipinski definition) is 1. The minimum atomic E-state index is -0.395. The number of likely N-dealkylation sites (tertiary alicyclic amines) is 1. The molecule has 1 aliphatic carbocycles. The van der Waals surface area contributed by atoms with Crippen LogP contribution >= 0.6 is 0 Å². The monoisotopic (exact) mass is 315 g/mol. The molecule has 1 atom stereocenters. The molecule has 4 nitrogen and oxygen atoms in total. The van der Waals surface area contributed by atoms with E-state index in [0.717, 1.165) is 45.1 Å². The number of fused-ring (bicyclic) bond motifs is 1. The Kier molecular flexibility index (Phi) is 3.90. The first-order valence-corrected chi connectivity index (χ1v) is 8.85. The Morgan fingerprint density at radius 3 is 2.43 bits per heavy atom. The van der Waals surface area contributed by atoms with Gasteiger partial charge in [-0.3, -0.25) is 4.79 Å². The van der Waals surface area contributed by atoms with E-state index < -0.39 is 5.60 Å². The van der Waals surface area contributed by atoms with Gasteiger partial charge in [-0.15, -0.1) is 0 Å². The second-order valence-electron chi connectivity index (χ2n) is 7.27. The highest BCUT2D eigenvalue weighted by atomic mass is 16.5. The molecule has 2 heterocycles. The highest BCUT2D eigenvalue weighted by Crippen LogP contribution is 2.36. The molecule has 0 aromatic heterocycles. The van der Waals surface area contributed by atoms with Crippen LogP contribution in [0.2, 0.25) is 0 Å². The Labute approximate surface area is 137 Å². The number of amides is 1. The van der Waals surface area contributed by atoms with E-state index in [9.17, 15) is 9.90 Å². The number of benzene rings is 1. The van der Waals surface area contributed by atoms with Crippen molar-refractivity contribution in [2.45, 2.75) is 50.2 Å². The van der Waals surface area contributed by atoms with Crippen LogP contribution in [0.5, 0.6) is 0 Å². The van der Waals surface area contributed by atoms with Gasteiger partial charge >= 0.3 is 0 Å². The van der Waals surface area contributed by atoms with Crippen LogP contribution in [-0.4, -0.2) is 47.3 Å². The quantitative estimate of drug-likeness (QED) is 0.861. The van der Waals surface area contributed by atoms with Crippen LogP contribution in [0.25, 0.3) is 0 Å². The summed E-state index contributed by atoms with van der Waals surface area (Å²) in [6.07, 6.45) is 4.66. The Balaban J connectivity index is 1.38. The van der Waals surface area contributed by atoms with Crippen LogP contribution in [0.15, 0.2) is 24.3 Å². The van der Waals surface area contributed by atoms with E-state index in [0.29, 0.717) is 13.1 Å². The molecule has 1 spiro atoms. The number of nitrogens with zero attached hydrogens (tertiary/aromatic N) is 1. The summed E-state index contributed by atoms with van der Waals surface area (Å²) in [7, 11) is 0. The molecule has 0 bridgehead atoms. The van der Waals surface area contributed by atoms with Crippen molar-refractivity contribution >= 4 is 5.91 Å². The summed E-state index contributed by atoms with van der Waals surface area (Å²) in [5, 5.41) is 10.3. The van der Waals surface area contributed by atoms with E-state index in [4.69, 9.17) is 4.74 Å². The Hall–Kier alpha value is -1.39. The molecular formula is C19H25NO3. The van der Waals surface area contributed by atoms with E-state index >= 15 is 0 Å². The number of piperidine rings is 1. The maximum absolute atomic E-state index is 12.8. The molecule has 0 radical (unpaired) electrons. The number of aliphatic hydroxyl groups is 1. The van der Waals surface area contributed by atoms with Crippen LogP contribution in [0, 0.1) is 5.92 Å². The fraction of sp³-hybridized carbons (Fsp3) is 0.632. The summed E-state index contributed by atoms with van der Waals surface area (Å²) in [5.41, 5.74) is 2.25. The van der Waals surface area contributed by atoms with Gasteiger partial charge in [0.1, 0.15) is 0 Å². The average molecular weight is 315 g/mol. The summed E-state index contributed by atoms with van der Waals surface area (Å²) < 4.78 is 5.93. The van der Waals surface area contributed by atoms with Crippen molar-refractivity contribution in [2.24, 2.45) is 5.92 Å². The van der Waals surface area contributed by atoms with Gasteiger partial charge in [0.2, 0.25) is 5.91 Å². The van der Waals surface area contributed by atoms with E-state index in [1.807, 2.05) is 4.90 Å². The summed E-state index contributed by atoms with van der Waals surface area (Å²) in [6.45, 7) is 2.16. The molecule has 0 saturated carbocycles. The van der Waals surface area contributed by atoms with E-state index in [1.54, 1.807) is 0 Å². The SMILES string of the molecule is O=C(C1Cc2ccccc2C1)N1CCC2(CC1)OCCCC2O. The molecule has 2 aliphatic heterocycles. The zero-order valence-corrected chi connectivity index (χ0v) is 13.5. The van der Waals surface area contributed by atoms with Gasteiger partial charge in [0.15, 0.2) is 0 Å². The normalized spacial score (nSPS) is 27.2. The summed E-state index contributed by atoms with van der Waals surface area (Å²) in [6, 6.07) is 8.39. The Morgan fingerprint density at radius 1 is 1.17 bits per heavy atom. The lowest BCUT2D eigenvalue weighted by molar-refractivity contribution is -0.180. The lowest BCUT2D eigenvalue weighted by Crippen LogP contribution is -2.56. The Morgan fingerprint density at radius 2 is 1.83 bits per heavy atom. The highest BCUT2D eigenvalue weighted by molar-refractivity contribution is 5.80. The smallest absolute Gasteiger partial charge is 0.226 e. The molecule has 23 heavy (non-hydrogen) atoms. The van der Waals surface area contributed by atoms with Crippen molar-refractivity contribution in [1.82, 2.24) is 4.90 Å². The van der Waals surface area contributed by atoms with Crippen LogP contribution in [0.1, 0.15) is 36.8 Å². The largest absolute Gasteiger partial charge is 0.390 e. The van der Waals surface area contributed by atoms with Crippen LogP contribution in [-0.2, 0) is 22.4 Å².